The van der Waals surface area contributed by atoms with Crippen LogP contribution >= 0.6 is 0 Å². The third-order valence-corrected chi connectivity index (χ3v) is 7.87. The van der Waals surface area contributed by atoms with Crippen LogP contribution in [0.15, 0.2) is 121 Å². The van der Waals surface area contributed by atoms with Crippen molar-refractivity contribution < 1.29 is 95.3 Å². The molecule has 0 aliphatic heterocycles. The summed E-state index contributed by atoms with van der Waals surface area (Å²) in [7, 11) is -9.66. The number of phenolic OH excluding ortho intramolecular Hbond substituents is 2. The molecule has 0 fully saturated rings. The molecule has 5 aromatic rings. The van der Waals surface area contributed by atoms with E-state index in [1.54, 1.807) is 48.5 Å². The second-order valence-electron chi connectivity index (χ2n) is 9.10. The summed E-state index contributed by atoms with van der Waals surface area (Å²) in [6.45, 7) is 0. The SMILES string of the molecule is Nc1ccc2cc(S(=O)(=O)[O-])cc(O)c2c1N=Nc1ccc(-c2ccc(N=Nc3ccc(O)c(S(=O)(=O)[O-])c3)cc2)cc1.[Na+].[Na+]. The summed E-state index contributed by atoms with van der Waals surface area (Å²) in [5.74, 6) is -1.15. The van der Waals surface area contributed by atoms with E-state index >= 15 is 0 Å². The predicted molar refractivity (Wildman–Crippen MR) is 154 cm³/mol. The molecule has 218 valence electrons. The molecule has 45 heavy (non-hydrogen) atoms. The Bertz CT molecular complexity index is 2160. The Kier molecular flexibility index (Phi) is 11.7. The number of azo groups is 2. The molecule has 17 heteroatoms. The minimum atomic E-state index is -4.87. The molecule has 5 rings (SSSR count). The van der Waals surface area contributed by atoms with Gasteiger partial charge in [0.25, 0.3) is 0 Å². The molecule has 0 radical (unpaired) electrons. The zero-order chi connectivity index (χ0) is 30.9. The summed E-state index contributed by atoms with van der Waals surface area (Å²) >= 11 is 0. The Morgan fingerprint density at radius 1 is 0.578 bits per heavy atom. The van der Waals surface area contributed by atoms with Gasteiger partial charge in [0.2, 0.25) is 0 Å². The molecule has 0 unspecified atom stereocenters. The molecule has 0 spiro atoms. The molecule has 0 amide bonds. The van der Waals surface area contributed by atoms with Crippen LogP contribution in [0.1, 0.15) is 0 Å². The number of aromatic hydroxyl groups is 2. The normalized spacial score (nSPS) is 11.9. The van der Waals surface area contributed by atoms with Crippen molar-refractivity contribution in [1.82, 2.24) is 0 Å². The number of anilines is 1. The van der Waals surface area contributed by atoms with E-state index in [-0.39, 0.29) is 86.9 Å². The van der Waals surface area contributed by atoms with Crippen molar-refractivity contribution in [3.63, 3.8) is 0 Å². The van der Waals surface area contributed by atoms with Crippen molar-refractivity contribution in [3.8, 4) is 22.6 Å². The minimum Gasteiger partial charge on any atom is -0.744 e. The van der Waals surface area contributed by atoms with Crippen molar-refractivity contribution in [3.05, 3.63) is 91.0 Å². The van der Waals surface area contributed by atoms with Crippen LogP contribution in [0.4, 0.5) is 28.4 Å². The number of hydrogen-bond donors (Lipinski definition) is 3. The summed E-state index contributed by atoms with van der Waals surface area (Å²) in [6, 6.07) is 22.1. The van der Waals surface area contributed by atoms with Gasteiger partial charge in [0, 0.05) is 0 Å². The van der Waals surface area contributed by atoms with Gasteiger partial charge in [-0.1, -0.05) is 30.3 Å². The Labute approximate surface area is 301 Å². The number of hydrogen-bond acceptors (Lipinski definition) is 13. The summed E-state index contributed by atoms with van der Waals surface area (Å²) in [4.78, 5) is -1.37. The quantitative estimate of drug-likeness (QED) is 0.0930. The summed E-state index contributed by atoms with van der Waals surface area (Å²) in [5.41, 5.74) is 8.96. The average Bonchev–Trinajstić information content (AvgIpc) is 2.96. The van der Waals surface area contributed by atoms with Gasteiger partial charge in [0.05, 0.1) is 37.9 Å². The predicted octanol–water partition coefficient (Wildman–Crippen LogP) is 0.147. The molecule has 5 aromatic carbocycles. The van der Waals surface area contributed by atoms with Crippen LogP contribution < -0.4 is 64.8 Å². The largest absolute Gasteiger partial charge is 1.00 e. The summed E-state index contributed by atoms with van der Waals surface area (Å²) in [5, 5.41) is 36.7. The Balaban J connectivity index is 0.00000276. The molecule has 0 saturated heterocycles. The van der Waals surface area contributed by atoms with E-state index in [9.17, 15) is 36.2 Å². The number of nitrogens with zero attached hydrogens (tertiary/aromatic N) is 4. The maximum absolute atomic E-state index is 11.4. The monoisotopic (exact) mass is 663 g/mol. The Hall–Kier alpha value is -3.22. The van der Waals surface area contributed by atoms with E-state index in [0.717, 1.165) is 35.4 Å². The van der Waals surface area contributed by atoms with Crippen LogP contribution in [-0.2, 0) is 20.2 Å². The number of benzene rings is 5. The van der Waals surface area contributed by atoms with Gasteiger partial charge >= 0.3 is 59.1 Å². The van der Waals surface area contributed by atoms with Crippen LogP contribution in [0.25, 0.3) is 21.9 Å². The number of rotatable bonds is 7. The van der Waals surface area contributed by atoms with Crippen molar-refractivity contribution in [2.24, 2.45) is 20.5 Å². The zero-order valence-corrected chi connectivity index (χ0v) is 29.3. The maximum Gasteiger partial charge on any atom is 1.00 e. The van der Waals surface area contributed by atoms with E-state index < -0.39 is 41.5 Å². The van der Waals surface area contributed by atoms with Crippen molar-refractivity contribution in [2.75, 3.05) is 5.73 Å². The molecule has 0 aromatic heterocycles. The third-order valence-electron chi connectivity index (χ3n) is 6.19. The third kappa shape index (κ3) is 8.53. The number of phenols is 2. The van der Waals surface area contributed by atoms with Crippen molar-refractivity contribution in [1.29, 1.82) is 0 Å². The average molecular weight is 664 g/mol. The molecule has 0 aliphatic carbocycles. The number of nitrogen functional groups attached to an aromatic ring is 1. The molecule has 4 N–H and O–H groups in total. The van der Waals surface area contributed by atoms with Crippen molar-refractivity contribution in [2.45, 2.75) is 9.79 Å². The van der Waals surface area contributed by atoms with E-state index in [0.29, 0.717) is 11.4 Å². The smallest absolute Gasteiger partial charge is 0.744 e. The topological polar surface area (TPSA) is 230 Å². The number of nitrogens with two attached hydrogens (primary N) is 1. The fraction of sp³-hybridized carbons (Fsp3) is 0. The first-order valence-corrected chi connectivity index (χ1v) is 15.0. The first-order chi connectivity index (χ1) is 20.3. The Morgan fingerprint density at radius 3 is 1.62 bits per heavy atom. The second kappa shape index (κ2) is 14.5. The van der Waals surface area contributed by atoms with Crippen LogP contribution in [0.2, 0.25) is 0 Å². The molecule has 0 bridgehead atoms. The minimum absolute atomic E-state index is 0. The van der Waals surface area contributed by atoms with Gasteiger partial charge in [-0.2, -0.15) is 15.3 Å². The van der Waals surface area contributed by atoms with Crippen LogP contribution in [0.5, 0.6) is 11.5 Å². The van der Waals surface area contributed by atoms with Crippen LogP contribution in [-0.4, -0.2) is 36.2 Å². The molecule has 0 aliphatic rings. The van der Waals surface area contributed by atoms with E-state index in [1.165, 1.54) is 18.2 Å². The summed E-state index contributed by atoms with van der Waals surface area (Å²) in [6.07, 6.45) is 0. The summed E-state index contributed by atoms with van der Waals surface area (Å²) < 4.78 is 67.9. The molecular formula is C28H19N5Na2O8S2. The molecular weight excluding hydrogens is 644 g/mol. The van der Waals surface area contributed by atoms with E-state index in [4.69, 9.17) is 5.73 Å². The second-order valence-corrected chi connectivity index (χ2v) is 11.8. The molecule has 0 atom stereocenters. The first kappa shape index (κ1) is 36.3. The van der Waals surface area contributed by atoms with Gasteiger partial charge < -0.3 is 25.1 Å². The van der Waals surface area contributed by atoms with E-state index in [1.807, 2.05) is 0 Å². The van der Waals surface area contributed by atoms with Crippen LogP contribution in [0, 0.1) is 0 Å². The standard InChI is InChI=1S/C28H21N5O8S2.2Na/c29-23-11-5-18-13-22(42(36,37)38)15-25(35)27(18)28(23)33-31-20-8-3-17(4-9-20)16-1-6-19(7-2-16)30-32-21-10-12-24(34)26(14-21)43(39,40)41;;/h1-15,34-35H,29H2,(H,36,37,38)(H,39,40,41);;/q;2*+1/p-2. The molecule has 13 nitrogen and oxygen atoms in total. The molecule has 0 heterocycles. The van der Waals surface area contributed by atoms with Gasteiger partial charge in [-0.3, -0.25) is 0 Å². The maximum atomic E-state index is 11.4. The molecule has 0 saturated carbocycles. The fourth-order valence-electron chi connectivity index (χ4n) is 4.10. The first-order valence-electron chi connectivity index (χ1n) is 12.1. The van der Waals surface area contributed by atoms with Gasteiger partial charge in [-0.15, -0.1) is 5.11 Å². The van der Waals surface area contributed by atoms with Crippen molar-refractivity contribution >= 4 is 59.4 Å². The van der Waals surface area contributed by atoms with Crippen LogP contribution in [0.3, 0.4) is 0 Å². The van der Waals surface area contributed by atoms with Gasteiger partial charge in [0.1, 0.15) is 37.4 Å². The Morgan fingerprint density at radius 2 is 1.09 bits per heavy atom. The van der Waals surface area contributed by atoms with E-state index in [2.05, 4.69) is 20.5 Å². The van der Waals surface area contributed by atoms with Gasteiger partial charge in [0.15, 0.2) is 0 Å². The van der Waals surface area contributed by atoms with Gasteiger partial charge in [-0.25, -0.2) is 16.8 Å². The fourth-order valence-corrected chi connectivity index (χ4v) is 5.21. The zero-order valence-electron chi connectivity index (χ0n) is 23.7. The number of fused-ring (bicyclic) bond motifs is 1. The van der Waals surface area contributed by atoms with Gasteiger partial charge in [-0.05, 0) is 77.2 Å².